The summed E-state index contributed by atoms with van der Waals surface area (Å²) in [5.74, 6) is -0.221. The summed E-state index contributed by atoms with van der Waals surface area (Å²) in [4.78, 5) is 22.1. The molecule has 0 fully saturated rings. The van der Waals surface area contributed by atoms with Gasteiger partial charge in [-0.15, -0.1) is 0 Å². The van der Waals surface area contributed by atoms with Crippen molar-refractivity contribution in [2.45, 2.75) is 25.4 Å². The summed E-state index contributed by atoms with van der Waals surface area (Å²) in [6.07, 6.45) is 0.395. The third kappa shape index (κ3) is 1.54. The maximum atomic E-state index is 11.6. The summed E-state index contributed by atoms with van der Waals surface area (Å²) in [5.41, 5.74) is 1.28. The Morgan fingerprint density at radius 1 is 1.50 bits per heavy atom. The number of nitro groups is 1. The fourth-order valence-electron chi connectivity index (χ4n) is 2.08. The maximum absolute atomic E-state index is 11.6. The minimum absolute atomic E-state index is 0.221. The molecule has 1 amide bonds. The van der Waals surface area contributed by atoms with Crippen molar-refractivity contribution in [2.75, 3.05) is 0 Å². The Labute approximate surface area is 92.6 Å². The van der Waals surface area contributed by atoms with Gasteiger partial charge in [0, 0.05) is 16.9 Å². The number of nitrogens with one attached hydrogen (secondary N) is 1. The summed E-state index contributed by atoms with van der Waals surface area (Å²) in [7, 11) is 0. The molecule has 0 spiro atoms. The molecule has 1 aliphatic rings. The standard InChI is InChI=1S/C11H12N2O3/c1-2-9(13(15)16)10-7-5-3-4-6-8(7)11(14)12-10/h3-6,9-10H,2H2,1H3,(H,12,14). The van der Waals surface area contributed by atoms with E-state index in [-0.39, 0.29) is 10.8 Å². The van der Waals surface area contributed by atoms with Gasteiger partial charge in [-0.05, 0) is 11.6 Å². The van der Waals surface area contributed by atoms with E-state index in [1.54, 1.807) is 31.2 Å². The molecule has 0 radical (unpaired) electrons. The zero-order valence-electron chi connectivity index (χ0n) is 8.84. The highest BCUT2D eigenvalue weighted by Crippen LogP contribution is 2.29. The van der Waals surface area contributed by atoms with Crippen molar-refractivity contribution in [3.05, 3.63) is 45.5 Å². The van der Waals surface area contributed by atoms with Gasteiger partial charge in [-0.25, -0.2) is 0 Å². The van der Waals surface area contributed by atoms with Gasteiger partial charge in [-0.3, -0.25) is 14.9 Å². The fourth-order valence-corrected chi connectivity index (χ4v) is 2.08. The predicted octanol–water partition coefficient (Wildman–Crippen LogP) is 1.53. The van der Waals surface area contributed by atoms with Crippen LogP contribution in [0.5, 0.6) is 0 Å². The summed E-state index contributed by atoms with van der Waals surface area (Å²) < 4.78 is 0. The molecule has 5 nitrogen and oxygen atoms in total. The number of hydrogen-bond donors (Lipinski definition) is 1. The molecule has 2 rings (SSSR count). The topological polar surface area (TPSA) is 72.2 Å². The highest BCUT2D eigenvalue weighted by atomic mass is 16.6. The largest absolute Gasteiger partial charge is 0.338 e. The van der Waals surface area contributed by atoms with E-state index >= 15 is 0 Å². The Morgan fingerprint density at radius 3 is 2.81 bits per heavy atom. The maximum Gasteiger partial charge on any atom is 0.252 e. The first-order valence-electron chi connectivity index (χ1n) is 5.18. The first-order chi connectivity index (χ1) is 7.65. The van der Waals surface area contributed by atoms with Gasteiger partial charge in [0.15, 0.2) is 0 Å². The number of carbonyl (C=O) groups excluding carboxylic acids is 1. The molecular formula is C11H12N2O3. The molecule has 1 aromatic rings. The van der Waals surface area contributed by atoms with Crippen LogP contribution in [0.1, 0.15) is 35.3 Å². The summed E-state index contributed by atoms with van der Waals surface area (Å²) in [6.45, 7) is 1.75. The van der Waals surface area contributed by atoms with E-state index in [9.17, 15) is 14.9 Å². The molecule has 1 N–H and O–H groups in total. The zero-order valence-corrected chi connectivity index (χ0v) is 8.84. The molecule has 1 heterocycles. The summed E-state index contributed by atoms with van der Waals surface area (Å²) in [5, 5.41) is 13.6. The minimum Gasteiger partial charge on any atom is -0.338 e. The molecule has 1 aromatic carbocycles. The average molecular weight is 220 g/mol. The smallest absolute Gasteiger partial charge is 0.252 e. The van der Waals surface area contributed by atoms with E-state index in [0.29, 0.717) is 12.0 Å². The van der Waals surface area contributed by atoms with Gasteiger partial charge < -0.3 is 5.32 Å². The molecule has 0 bridgehead atoms. The predicted molar refractivity (Wildman–Crippen MR) is 57.7 cm³/mol. The first-order valence-corrected chi connectivity index (χ1v) is 5.18. The van der Waals surface area contributed by atoms with Crippen LogP contribution in [0.2, 0.25) is 0 Å². The van der Waals surface area contributed by atoms with Crippen molar-refractivity contribution >= 4 is 5.91 Å². The van der Waals surface area contributed by atoms with Crippen LogP contribution in [-0.4, -0.2) is 16.9 Å². The number of hydrogen-bond acceptors (Lipinski definition) is 3. The Kier molecular flexibility index (Phi) is 2.60. The van der Waals surface area contributed by atoms with Crippen molar-refractivity contribution in [2.24, 2.45) is 0 Å². The molecule has 5 heteroatoms. The van der Waals surface area contributed by atoms with E-state index in [2.05, 4.69) is 5.32 Å². The Bertz CT molecular complexity index is 445. The normalized spacial score (nSPS) is 20.1. The van der Waals surface area contributed by atoms with Gasteiger partial charge >= 0.3 is 0 Å². The molecule has 0 saturated carbocycles. The Balaban J connectivity index is 2.40. The SMILES string of the molecule is CCC(C1NC(=O)c2ccccc21)[N+](=O)[O-]. The van der Waals surface area contributed by atoms with Crippen LogP contribution >= 0.6 is 0 Å². The Hall–Kier alpha value is -1.91. The van der Waals surface area contributed by atoms with Gasteiger partial charge in [0.25, 0.3) is 5.91 Å². The van der Waals surface area contributed by atoms with Crippen LogP contribution in [0.3, 0.4) is 0 Å². The van der Waals surface area contributed by atoms with Gasteiger partial charge in [0.2, 0.25) is 6.04 Å². The van der Waals surface area contributed by atoms with Crippen LogP contribution in [0.25, 0.3) is 0 Å². The highest BCUT2D eigenvalue weighted by molar-refractivity contribution is 5.99. The van der Waals surface area contributed by atoms with Gasteiger partial charge in [0.1, 0.15) is 6.04 Å². The van der Waals surface area contributed by atoms with Crippen LogP contribution in [0.15, 0.2) is 24.3 Å². The number of carbonyl (C=O) groups is 1. The zero-order chi connectivity index (χ0) is 11.7. The van der Waals surface area contributed by atoms with Gasteiger partial charge in [0.05, 0.1) is 0 Å². The third-order valence-corrected chi connectivity index (χ3v) is 2.90. The second kappa shape index (κ2) is 3.92. The fraction of sp³-hybridized carbons (Fsp3) is 0.364. The van der Waals surface area contributed by atoms with Gasteiger partial charge in [-0.1, -0.05) is 25.1 Å². The van der Waals surface area contributed by atoms with Crippen molar-refractivity contribution < 1.29 is 9.72 Å². The quantitative estimate of drug-likeness (QED) is 0.620. The van der Waals surface area contributed by atoms with Crippen LogP contribution < -0.4 is 5.32 Å². The average Bonchev–Trinajstić information content (AvgIpc) is 2.58. The van der Waals surface area contributed by atoms with Crippen molar-refractivity contribution in [3.8, 4) is 0 Å². The van der Waals surface area contributed by atoms with Gasteiger partial charge in [-0.2, -0.15) is 0 Å². The van der Waals surface area contributed by atoms with E-state index in [1.807, 2.05) is 0 Å². The molecule has 2 atom stereocenters. The van der Waals surface area contributed by atoms with Crippen LogP contribution in [-0.2, 0) is 0 Å². The molecule has 1 aliphatic heterocycles. The molecule has 0 aromatic heterocycles. The van der Waals surface area contributed by atoms with E-state index in [4.69, 9.17) is 0 Å². The van der Waals surface area contributed by atoms with E-state index in [1.165, 1.54) is 0 Å². The molecule has 2 unspecified atom stereocenters. The minimum atomic E-state index is -0.757. The van der Waals surface area contributed by atoms with Crippen LogP contribution in [0.4, 0.5) is 0 Å². The lowest BCUT2D eigenvalue weighted by Gasteiger charge is -2.15. The van der Waals surface area contributed by atoms with Crippen molar-refractivity contribution in [1.82, 2.24) is 5.32 Å². The van der Waals surface area contributed by atoms with E-state index in [0.717, 1.165) is 5.56 Å². The number of nitrogens with zero attached hydrogens (tertiary/aromatic N) is 1. The van der Waals surface area contributed by atoms with E-state index < -0.39 is 12.1 Å². The van der Waals surface area contributed by atoms with Crippen molar-refractivity contribution in [3.63, 3.8) is 0 Å². The Morgan fingerprint density at radius 2 is 2.19 bits per heavy atom. The number of benzene rings is 1. The lowest BCUT2D eigenvalue weighted by molar-refractivity contribution is -0.527. The summed E-state index contributed by atoms with van der Waals surface area (Å²) in [6, 6.07) is 5.75. The first kappa shape index (κ1) is 10.6. The molecule has 16 heavy (non-hydrogen) atoms. The summed E-state index contributed by atoms with van der Waals surface area (Å²) >= 11 is 0. The van der Waals surface area contributed by atoms with Crippen LogP contribution in [0, 0.1) is 10.1 Å². The van der Waals surface area contributed by atoms with Crippen molar-refractivity contribution in [1.29, 1.82) is 0 Å². The number of amides is 1. The second-order valence-electron chi connectivity index (χ2n) is 3.80. The molecule has 84 valence electrons. The lowest BCUT2D eigenvalue weighted by atomic mass is 9.98. The second-order valence-corrected chi connectivity index (χ2v) is 3.80. The molecular weight excluding hydrogens is 208 g/mol. The molecule has 0 aliphatic carbocycles. The molecule has 0 saturated heterocycles. The lowest BCUT2D eigenvalue weighted by Crippen LogP contribution is -2.34. The highest BCUT2D eigenvalue weighted by Gasteiger charge is 2.39. The number of rotatable bonds is 3. The monoisotopic (exact) mass is 220 g/mol. The number of fused-ring (bicyclic) bond motifs is 1. The third-order valence-electron chi connectivity index (χ3n) is 2.90.